The number of amides is 1. The highest BCUT2D eigenvalue weighted by Crippen LogP contribution is 2.32. The van der Waals surface area contributed by atoms with Gasteiger partial charge >= 0.3 is 0 Å². The van der Waals surface area contributed by atoms with Crippen molar-refractivity contribution in [3.05, 3.63) is 82.8 Å². The maximum atomic E-state index is 13.1. The second-order valence-corrected chi connectivity index (χ2v) is 10.4. The van der Waals surface area contributed by atoms with Gasteiger partial charge in [-0.3, -0.25) is 14.4 Å². The molecule has 0 spiro atoms. The predicted octanol–water partition coefficient (Wildman–Crippen LogP) is 4.09. The molecule has 2 N–H and O–H groups in total. The third-order valence-electron chi connectivity index (χ3n) is 4.98. The summed E-state index contributed by atoms with van der Waals surface area (Å²) in [5, 5.41) is 5.49. The van der Waals surface area contributed by atoms with Crippen molar-refractivity contribution in [2.75, 3.05) is 22.8 Å². The number of nitrogens with one attached hydrogen (secondary N) is 2. The highest BCUT2D eigenvalue weighted by atomic mass is 79.9. The number of rotatable bonds is 6. The molecule has 0 bridgehead atoms. The van der Waals surface area contributed by atoms with Crippen LogP contribution in [0.4, 0.5) is 11.4 Å². The second kappa shape index (κ2) is 9.90. The minimum atomic E-state index is -3.67. The van der Waals surface area contributed by atoms with Gasteiger partial charge in [0.05, 0.1) is 10.6 Å². The zero-order valence-corrected chi connectivity index (χ0v) is 20.5. The molecule has 0 fully saturated rings. The van der Waals surface area contributed by atoms with E-state index in [0.29, 0.717) is 30.1 Å². The molecule has 33 heavy (non-hydrogen) atoms. The number of benzene rings is 3. The molecule has 1 aliphatic rings. The quantitative estimate of drug-likeness (QED) is 0.453. The van der Waals surface area contributed by atoms with Gasteiger partial charge in [-0.2, -0.15) is 0 Å². The molecule has 0 saturated heterocycles. The molecule has 170 valence electrons. The summed E-state index contributed by atoms with van der Waals surface area (Å²) in [6, 6.07) is 20.8. The first-order valence-corrected chi connectivity index (χ1v) is 12.7. The van der Waals surface area contributed by atoms with Gasteiger partial charge < -0.3 is 10.1 Å². The van der Waals surface area contributed by atoms with Crippen LogP contribution in [0.25, 0.3) is 0 Å². The van der Waals surface area contributed by atoms with Crippen LogP contribution >= 0.6 is 28.1 Å². The molecule has 1 amide bonds. The Bertz CT molecular complexity index is 1280. The number of carbonyl (C=O) groups excluding carboxylic acids is 1. The van der Waals surface area contributed by atoms with Gasteiger partial charge in [0.1, 0.15) is 5.75 Å². The Morgan fingerprint density at radius 1 is 1.03 bits per heavy atom. The number of para-hydroxylation sites is 1. The van der Waals surface area contributed by atoms with Crippen molar-refractivity contribution in [1.29, 1.82) is 0 Å². The Kier molecular flexibility index (Phi) is 6.96. The first kappa shape index (κ1) is 23.2. The fourth-order valence-corrected chi connectivity index (χ4v) is 5.40. The summed E-state index contributed by atoms with van der Waals surface area (Å²) >= 11 is 8.50. The minimum Gasteiger partial charge on any atom is -0.484 e. The minimum absolute atomic E-state index is 0.0866. The van der Waals surface area contributed by atoms with Crippen LogP contribution in [-0.4, -0.2) is 32.6 Å². The molecule has 1 aliphatic heterocycles. The lowest BCUT2D eigenvalue weighted by molar-refractivity contribution is -0.121. The fourth-order valence-electron chi connectivity index (χ4n) is 3.40. The standard InChI is InChI=1S/C23H20BrN3O4S2/c24-17-5-9-19(10-6-17)31-15-22(28)26-23(32)25-18-7-11-20(12-8-18)33(29,30)27-14-13-16-3-1-2-4-21(16)27/h1-12H,13-15H2,(H2,25,26,28,32). The number of sulfonamides is 1. The van der Waals surface area contributed by atoms with Crippen molar-refractivity contribution >= 4 is 60.6 Å². The predicted molar refractivity (Wildman–Crippen MR) is 135 cm³/mol. The SMILES string of the molecule is O=C(COc1ccc(Br)cc1)NC(=S)Nc1ccc(S(=O)(=O)N2CCc3ccccc32)cc1. The lowest BCUT2D eigenvalue weighted by atomic mass is 10.2. The third kappa shape index (κ3) is 5.52. The summed E-state index contributed by atoms with van der Waals surface area (Å²) < 4.78 is 33.9. The molecular formula is C23H20BrN3O4S2. The van der Waals surface area contributed by atoms with Gasteiger partial charge in [-0.15, -0.1) is 0 Å². The van der Waals surface area contributed by atoms with Crippen molar-refractivity contribution in [3.63, 3.8) is 0 Å². The Morgan fingerprint density at radius 3 is 2.45 bits per heavy atom. The van der Waals surface area contributed by atoms with Crippen LogP contribution in [0.15, 0.2) is 82.2 Å². The lowest BCUT2D eigenvalue weighted by Gasteiger charge is -2.19. The monoisotopic (exact) mass is 545 g/mol. The molecule has 7 nitrogen and oxygen atoms in total. The molecule has 0 aliphatic carbocycles. The zero-order chi connectivity index (χ0) is 23.4. The number of hydrogen-bond donors (Lipinski definition) is 2. The summed E-state index contributed by atoms with van der Waals surface area (Å²) in [4.78, 5) is 12.2. The molecule has 0 saturated carbocycles. The first-order valence-electron chi connectivity index (χ1n) is 10.0. The summed E-state index contributed by atoms with van der Waals surface area (Å²) in [5.74, 6) is 0.145. The molecule has 4 rings (SSSR count). The van der Waals surface area contributed by atoms with Crippen LogP contribution in [0.1, 0.15) is 5.56 Å². The Balaban J connectivity index is 1.33. The number of nitrogens with zero attached hydrogens (tertiary/aromatic N) is 1. The first-order chi connectivity index (χ1) is 15.8. The second-order valence-electron chi connectivity index (χ2n) is 7.23. The van der Waals surface area contributed by atoms with Crippen LogP contribution in [-0.2, 0) is 21.2 Å². The van der Waals surface area contributed by atoms with E-state index in [0.717, 1.165) is 10.0 Å². The van der Waals surface area contributed by atoms with Crippen LogP contribution in [0.5, 0.6) is 5.75 Å². The van der Waals surface area contributed by atoms with E-state index in [2.05, 4.69) is 26.6 Å². The maximum absolute atomic E-state index is 13.1. The van der Waals surface area contributed by atoms with E-state index < -0.39 is 15.9 Å². The zero-order valence-electron chi connectivity index (χ0n) is 17.3. The van der Waals surface area contributed by atoms with Crippen molar-refractivity contribution < 1.29 is 17.9 Å². The molecule has 10 heteroatoms. The summed E-state index contributed by atoms with van der Waals surface area (Å²) in [6.07, 6.45) is 0.689. The van der Waals surface area contributed by atoms with Crippen molar-refractivity contribution in [3.8, 4) is 5.75 Å². The molecule has 0 unspecified atom stereocenters. The number of hydrogen-bond acceptors (Lipinski definition) is 5. The van der Waals surface area contributed by atoms with E-state index in [1.54, 1.807) is 24.3 Å². The smallest absolute Gasteiger partial charge is 0.264 e. The van der Waals surface area contributed by atoms with E-state index in [9.17, 15) is 13.2 Å². The molecule has 1 heterocycles. The van der Waals surface area contributed by atoms with Crippen molar-refractivity contribution in [2.45, 2.75) is 11.3 Å². The Morgan fingerprint density at radius 2 is 1.73 bits per heavy atom. The molecule has 3 aromatic carbocycles. The molecule has 0 atom stereocenters. The third-order valence-corrected chi connectivity index (χ3v) is 7.54. The molecule has 3 aromatic rings. The number of fused-ring (bicyclic) bond motifs is 1. The maximum Gasteiger partial charge on any atom is 0.264 e. The lowest BCUT2D eigenvalue weighted by Crippen LogP contribution is -2.37. The molecule has 0 radical (unpaired) electrons. The summed E-state index contributed by atoms with van der Waals surface area (Å²) in [6.45, 7) is 0.220. The van der Waals surface area contributed by atoms with Crippen LogP contribution in [0, 0.1) is 0 Å². The number of thiocarbonyl (C=S) groups is 1. The normalized spacial score (nSPS) is 12.7. The number of ether oxygens (including phenoxy) is 1. The van der Waals surface area contributed by atoms with Gasteiger partial charge in [0.15, 0.2) is 11.7 Å². The largest absolute Gasteiger partial charge is 0.484 e. The van der Waals surface area contributed by atoms with Gasteiger partial charge in [-0.25, -0.2) is 8.42 Å². The van der Waals surface area contributed by atoms with Crippen LogP contribution < -0.4 is 19.7 Å². The average molecular weight is 546 g/mol. The number of anilines is 2. The number of carbonyl (C=O) groups is 1. The van der Waals surface area contributed by atoms with Crippen molar-refractivity contribution in [2.24, 2.45) is 0 Å². The van der Waals surface area contributed by atoms with Gasteiger partial charge in [-0.05, 0) is 78.8 Å². The van der Waals surface area contributed by atoms with Gasteiger partial charge in [0.2, 0.25) is 0 Å². The van der Waals surface area contributed by atoms with E-state index >= 15 is 0 Å². The average Bonchev–Trinajstić information content (AvgIpc) is 3.24. The van der Waals surface area contributed by atoms with Gasteiger partial charge in [-0.1, -0.05) is 34.1 Å². The Hall–Kier alpha value is -2.95. The van der Waals surface area contributed by atoms with E-state index in [4.69, 9.17) is 17.0 Å². The van der Waals surface area contributed by atoms with E-state index in [1.165, 1.54) is 16.4 Å². The summed E-state index contributed by atoms with van der Waals surface area (Å²) in [5.41, 5.74) is 2.29. The highest BCUT2D eigenvalue weighted by molar-refractivity contribution is 9.10. The summed E-state index contributed by atoms with van der Waals surface area (Å²) in [7, 11) is -3.67. The molecular weight excluding hydrogens is 526 g/mol. The van der Waals surface area contributed by atoms with Crippen molar-refractivity contribution in [1.82, 2.24) is 5.32 Å². The topological polar surface area (TPSA) is 87.7 Å². The van der Waals surface area contributed by atoms with Crippen LogP contribution in [0.3, 0.4) is 0 Å². The fraction of sp³-hybridized carbons (Fsp3) is 0.130. The van der Waals surface area contributed by atoms with E-state index in [1.807, 2.05) is 36.4 Å². The van der Waals surface area contributed by atoms with Gasteiger partial charge in [0, 0.05) is 16.7 Å². The van der Waals surface area contributed by atoms with Crippen LogP contribution in [0.2, 0.25) is 0 Å². The molecule has 0 aromatic heterocycles. The number of halogens is 1. The highest BCUT2D eigenvalue weighted by Gasteiger charge is 2.30. The Labute approximate surface area is 205 Å². The van der Waals surface area contributed by atoms with E-state index in [-0.39, 0.29) is 16.6 Å². The van der Waals surface area contributed by atoms with Gasteiger partial charge in [0.25, 0.3) is 15.9 Å².